The molecule has 1 atom stereocenters. The first kappa shape index (κ1) is 14.2. The Kier molecular flexibility index (Phi) is 5.56. The molecule has 1 aliphatic rings. The molecular weight excluding hydrogens is 232 g/mol. The van der Waals surface area contributed by atoms with E-state index in [0.717, 1.165) is 12.5 Å². The van der Waals surface area contributed by atoms with Gasteiger partial charge in [-0.3, -0.25) is 0 Å². The van der Waals surface area contributed by atoms with Crippen LogP contribution in [0.2, 0.25) is 0 Å². The average Bonchev–Trinajstić information content (AvgIpc) is 2.44. The van der Waals surface area contributed by atoms with Gasteiger partial charge in [-0.2, -0.15) is 0 Å². The van der Waals surface area contributed by atoms with Crippen LogP contribution in [0, 0.1) is 5.92 Å². The first-order chi connectivity index (χ1) is 9.29. The van der Waals surface area contributed by atoms with Crippen molar-refractivity contribution >= 4 is 11.4 Å². The summed E-state index contributed by atoms with van der Waals surface area (Å²) in [7, 11) is 0. The smallest absolute Gasteiger partial charge is 0.0367 e. The number of rotatable bonds is 6. The van der Waals surface area contributed by atoms with Crippen molar-refractivity contribution in [3.8, 4) is 0 Å². The van der Waals surface area contributed by atoms with Crippen LogP contribution in [0.5, 0.6) is 0 Å². The summed E-state index contributed by atoms with van der Waals surface area (Å²) < 4.78 is 0. The first-order valence-corrected chi connectivity index (χ1v) is 7.88. The Bertz CT molecular complexity index is 358. The van der Waals surface area contributed by atoms with Crippen LogP contribution in [0.3, 0.4) is 0 Å². The molecule has 1 fully saturated rings. The number of piperidine rings is 1. The van der Waals surface area contributed by atoms with E-state index in [4.69, 9.17) is 0 Å². The number of hydrogen-bond acceptors (Lipinski definition) is 2. The lowest BCUT2D eigenvalue weighted by molar-refractivity contribution is 0.447. The maximum absolute atomic E-state index is 3.50. The molecule has 0 aliphatic carbocycles. The normalized spacial score (nSPS) is 19.5. The third-order valence-corrected chi connectivity index (χ3v) is 4.00. The number of unbranched alkanes of at least 4 members (excludes halogenated alkanes) is 2. The lowest BCUT2D eigenvalue weighted by Crippen LogP contribution is -2.34. The molecule has 2 rings (SSSR count). The van der Waals surface area contributed by atoms with Gasteiger partial charge < -0.3 is 10.2 Å². The van der Waals surface area contributed by atoms with Crippen molar-refractivity contribution in [3.63, 3.8) is 0 Å². The van der Waals surface area contributed by atoms with Gasteiger partial charge in [0.15, 0.2) is 0 Å². The molecule has 1 aliphatic heterocycles. The second kappa shape index (κ2) is 7.42. The van der Waals surface area contributed by atoms with E-state index in [1.54, 1.807) is 0 Å². The molecule has 0 amide bonds. The number of hydrogen-bond donors (Lipinski definition) is 1. The van der Waals surface area contributed by atoms with Crippen molar-refractivity contribution in [1.29, 1.82) is 0 Å². The summed E-state index contributed by atoms with van der Waals surface area (Å²) in [6.45, 7) is 8.12. The van der Waals surface area contributed by atoms with Crippen molar-refractivity contribution in [3.05, 3.63) is 24.3 Å². The highest BCUT2D eigenvalue weighted by Gasteiger charge is 2.16. The molecule has 0 bridgehead atoms. The molecule has 106 valence electrons. The molecule has 1 aromatic carbocycles. The molecule has 2 nitrogen and oxygen atoms in total. The van der Waals surface area contributed by atoms with E-state index in [-0.39, 0.29) is 0 Å². The zero-order valence-corrected chi connectivity index (χ0v) is 12.5. The summed E-state index contributed by atoms with van der Waals surface area (Å²) in [5.74, 6) is 0.834. The minimum atomic E-state index is 0.834. The minimum absolute atomic E-state index is 0.834. The highest BCUT2D eigenvalue weighted by Crippen LogP contribution is 2.24. The van der Waals surface area contributed by atoms with Gasteiger partial charge in [0.2, 0.25) is 0 Å². The molecular formula is C17H28N2. The van der Waals surface area contributed by atoms with Crippen LogP contribution in [-0.4, -0.2) is 19.6 Å². The van der Waals surface area contributed by atoms with Crippen LogP contribution >= 0.6 is 0 Å². The van der Waals surface area contributed by atoms with Gasteiger partial charge in [-0.15, -0.1) is 0 Å². The molecule has 1 heterocycles. The Balaban J connectivity index is 1.83. The largest absolute Gasteiger partial charge is 0.385 e. The Morgan fingerprint density at radius 3 is 2.68 bits per heavy atom. The van der Waals surface area contributed by atoms with Crippen molar-refractivity contribution in [2.75, 3.05) is 29.9 Å². The summed E-state index contributed by atoms with van der Waals surface area (Å²) in [5, 5.41) is 3.50. The van der Waals surface area contributed by atoms with Gasteiger partial charge in [0.05, 0.1) is 0 Å². The number of benzene rings is 1. The molecule has 0 spiro atoms. The van der Waals surface area contributed by atoms with Crippen LogP contribution < -0.4 is 10.2 Å². The molecule has 2 heteroatoms. The van der Waals surface area contributed by atoms with Gasteiger partial charge in [0.25, 0.3) is 0 Å². The van der Waals surface area contributed by atoms with Crippen LogP contribution in [-0.2, 0) is 0 Å². The zero-order valence-electron chi connectivity index (χ0n) is 12.5. The SMILES string of the molecule is CCCCCNc1ccc(N2CCCC(C)C2)cc1. The van der Waals surface area contributed by atoms with E-state index in [0.29, 0.717) is 0 Å². The van der Waals surface area contributed by atoms with Crippen LogP contribution in [0.25, 0.3) is 0 Å². The maximum Gasteiger partial charge on any atom is 0.0367 e. The fourth-order valence-electron chi connectivity index (χ4n) is 2.82. The fraction of sp³-hybridized carbons (Fsp3) is 0.647. The lowest BCUT2D eigenvalue weighted by atomic mass is 10.00. The Morgan fingerprint density at radius 1 is 1.21 bits per heavy atom. The molecule has 1 N–H and O–H groups in total. The molecule has 19 heavy (non-hydrogen) atoms. The molecule has 0 aromatic heterocycles. The van der Waals surface area contributed by atoms with Crippen LogP contribution in [0.15, 0.2) is 24.3 Å². The fourth-order valence-corrected chi connectivity index (χ4v) is 2.82. The van der Waals surface area contributed by atoms with Gasteiger partial charge in [-0.25, -0.2) is 0 Å². The Labute approximate surface area is 118 Å². The van der Waals surface area contributed by atoms with Crippen molar-refractivity contribution in [2.24, 2.45) is 5.92 Å². The summed E-state index contributed by atoms with van der Waals surface area (Å²) in [4.78, 5) is 2.52. The van der Waals surface area contributed by atoms with E-state index in [2.05, 4.69) is 48.3 Å². The van der Waals surface area contributed by atoms with Gasteiger partial charge in [0.1, 0.15) is 0 Å². The topological polar surface area (TPSA) is 15.3 Å². The molecule has 1 aromatic rings. The number of nitrogens with one attached hydrogen (secondary N) is 1. The van der Waals surface area contributed by atoms with Crippen molar-refractivity contribution < 1.29 is 0 Å². The molecule has 0 saturated carbocycles. The van der Waals surface area contributed by atoms with Gasteiger partial charge in [-0.1, -0.05) is 26.7 Å². The van der Waals surface area contributed by atoms with Gasteiger partial charge >= 0.3 is 0 Å². The predicted octanol–water partition coefficient (Wildman–Crippen LogP) is 4.53. The van der Waals surface area contributed by atoms with Crippen molar-refractivity contribution in [2.45, 2.75) is 46.0 Å². The quantitative estimate of drug-likeness (QED) is 0.756. The Hall–Kier alpha value is -1.18. The second-order valence-corrected chi connectivity index (χ2v) is 5.87. The Morgan fingerprint density at radius 2 is 2.00 bits per heavy atom. The van der Waals surface area contributed by atoms with E-state index in [1.165, 1.54) is 56.6 Å². The van der Waals surface area contributed by atoms with Crippen molar-refractivity contribution in [1.82, 2.24) is 0 Å². The summed E-state index contributed by atoms with van der Waals surface area (Å²) in [6, 6.07) is 8.97. The van der Waals surface area contributed by atoms with E-state index >= 15 is 0 Å². The predicted molar refractivity (Wildman–Crippen MR) is 85.1 cm³/mol. The molecule has 1 saturated heterocycles. The standard InChI is InChI=1S/C17H28N2/c1-3-4-5-12-18-16-8-10-17(11-9-16)19-13-6-7-15(2)14-19/h8-11,15,18H,3-7,12-14H2,1-2H3. The highest BCUT2D eigenvalue weighted by molar-refractivity contribution is 5.55. The van der Waals surface area contributed by atoms with E-state index < -0.39 is 0 Å². The average molecular weight is 260 g/mol. The summed E-state index contributed by atoms with van der Waals surface area (Å²) in [5.41, 5.74) is 2.63. The van der Waals surface area contributed by atoms with Gasteiger partial charge in [-0.05, 0) is 49.4 Å². The maximum atomic E-state index is 3.50. The van der Waals surface area contributed by atoms with Crippen LogP contribution in [0.1, 0.15) is 46.0 Å². The second-order valence-electron chi connectivity index (χ2n) is 5.87. The molecule has 0 radical (unpaired) electrons. The highest BCUT2D eigenvalue weighted by atomic mass is 15.1. The lowest BCUT2D eigenvalue weighted by Gasteiger charge is -2.32. The van der Waals surface area contributed by atoms with Gasteiger partial charge in [0, 0.05) is 31.0 Å². The van der Waals surface area contributed by atoms with E-state index in [1.807, 2.05) is 0 Å². The number of nitrogens with zero attached hydrogens (tertiary/aromatic N) is 1. The summed E-state index contributed by atoms with van der Waals surface area (Å²) >= 11 is 0. The third-order valence-electron chi connectivity index (χ3n) is 4.00. The minimum Gasteiger partial charge on any atom is -0.385 e. The number of anilines is 2. The zero-order chi connectivity index (χ0) is 13.5. The molecule has 1 unspecified atom stereocenters. The van der Waals surface area contributed by atoms with E-state index in [9.17, 15) is 0 Å². The third kappa shape index (κ3) is 4.45. The van der Waals surface area contributed by atoms with Crippen LogP contribution in [0.4, 0.5) is 11.4 Å². The summed E-state index contributed by atoms with van der Waals surface area (Å²) in [6.07, 6.45) is 6.58. The first-order valence-electron chi connectivity index (χ1n) is 7.88. The monoisotopic (exact) mass is 260 g/mol.